The van der Waals surface area contributed by atoms with Crippen molar-refractivity contribution >= 4 is 17.4 Å². The van der Waals surface area contributed by atoms with Gasteiger partial charge in [-0.15, -0.1) is 10.2 Å². The van der Waals surface area contributed by atoms with Gasteiger partial charge in [-0.3, -0.25) is 4.79 Å². The average Bonchev–Trinajstić information content (AvgIpc) is 2.97. The monoisotopic (exact) mass is 296 g/mol. The van der Waals surface area contributed by atoms with E-state index in [9.17, 15) is 4.79 Å². The highest BCUT2D eigenvalue weighted by Crippen LogP contribution is 2.28. The Labute approximate surface area is 130 Å². The molecule has 0 saturated carbocycles. The number of para-hydroxylation sites is 1. The van der Waals surface area contributed by atoms with Gasteiger partial charge in [0.15, 0.2) is 5.69 Å². The first-order valence-electron chi connectivity index (χ1n) is 7.62. The quantitative estimate of drug-likeness (QED) is 0.942. The van der Waals surface area contributed by atoms with Crippen LogP contribution in [0.2, 0.25) is 0 Å². The molecule has 1 amide bonds. The van der Waals surface area contributed by atoms with E-state index in [0.717, 1.165) is 18.7 Å². The molecule has 1 aliphatic heterocycles. The molecular formula is C17H20N4O. The summed E-state index contributed by atoms with van der Waals surface area (Å²) < 4.78 is 0. The summed E-state index contributed by atoms with van der Waals surface area (Å²) in [5, 5.41) is 11.4. The van der Waals surface area contributed by atoms with Gasteiger partial charge in [-0.25, -0.2) is 0 Å². The summed E-state index contributed by atoms with van der Waals surface area (Å²) in [5.74, 6) is 1.14. The molecule has 0 atom stereocenters. The predicted molar refractivity (Wildman–Crippen MR) is 87.2 cm³/mol. The Morgan fingerprint density at radius 2 is 2.05 bits per heavy atom. The van der Waals surface area contributed by atoms with E-state index in [2.05, 4.69) is 35.4 Å². The number of hydrogen-bond acceptors (Lipinski definition) is 4. The van der Waals surface area contributed by atoms with E-state index in [4.69, 9.17) is 0 Å². The maximum Gasteiger partial charge on any atom is 0.278 e. The Kier molecular flexibility index (Phi) is 4.04. The van der Waals surface area contributed by atoms with Crippen molar-refractivity contribution < 1.29 is 4.79 Å². The van der Waals surface area contributed by atoms with Crippen molar-refractivity contribution in [2.45, 2.75) is 20.3 Å². The molecule has 22 heavy (non-hydrogen) atoms. The molecule has 0 radical (unpaired) electrons. The molecule has 2 heterocycles. The number of benzene rings is 1. The van der Waals surface area contributed by atoms with Crippen LogP contribution >= 0.6 is 0 Å². The van der Waals surface area contributed by atoms with E-state index in [1.807, 2.05) is 24.3 Å². The van der Waals surface area contributed by atoms with Gasteiger partial charge in [0.05, 0.1) is 0 Å². The van der Waals surface area contributed by atoms with E-state index >= 15 is 0 Å². The maximum absolute atomic E-state index is 12.6. The van der Waals surface area contributed by atoms with Crippen LogP contribution in [0.15, 0.2) is 36.4 Å². The lowest BCUT2D eigenvalue weighted by Gasteiger charge is -2.16. The van der Waals surface area contributed by atoms with Crippen molar-refractivity contribution in [3.05, 3.63) is 47.7 Å². The fraction of sp³-hybridized carbons (Fsp3) is 0.353. The standard InChI is InChI=1S/C17H20N4O/c1-12(2)11-18-16-8-7-14(19-20-16)17(22)21-10-9-13-5-3-4-6-15(13)21/h3-8,12H,9-11H2,1-2H3,(H,18,20). The Balaban J connectivity index is 1.73. The number of nitrogens with one attached hydrogen (secondary N) is 1. The topological polar surface area (TPSA) is 58.1 Å². The molecule has 1 aromatic carbocycles. The molecule has 5 nitrogen and oxygen atoms in total. The second-order valence-electron chi connectivity index (χ2n) is 5.91. The third-order valence-corrected chi connectivity index (χ3v) is 3.71. The first kappa shape index (κ1) is 14.5. The summed E-state index contributed by atoms with van der Waals surface area (Å²) in [5.41, 5.74) is 2.57. The van der Waals surface area contributed by atoms with Gasteiger partial charge in [0.25, 0.3) is 5.91 Å². The van der Waals surface area contributed by atoms with Crippen molar-refractivity contribution in [3.8, 4) is 0 Å². The zero-order chi connectivity index (χ0) is 15.5. The lowest BCUT2D eigenvalue weighted by Crippen LogP contribution is -2.29. The second-order valence-corrected chi connectivity index (χ2v) is 5.91. The number of rotatable bonds is 4. The minimum Gasteiger partial charge on any atom is -0.368 e. The van der Waals surface area contributed by atoms with Crippen LogP contribution in [0.1, 0.15) is 29.9 Å². The molecule has 1 aromatic heterocycles. The molecule has 1 N–H and O–H groups in total. The summed E-state index contributed by atoms with van der Waals surface area (Å²) in [6, 6.07) is 11.5. The van der Waals surface area contributed by atoms with Gasteiger partial charge >= 0.3 is 0 Å². The lowest BCUT2D eigenvalue weighted by molar-refractivity contribution is 0.0983. The number of amides is 1. The molecule has 5 heteroatoms. The van der Waals surface area contributed by atoms with Gasteiger partial charge in [-0.1, -0.05) is 32.0 Å². The molecular weight excluding hydrogens is 276 g/mol. The average molecular weight is 296 g/mol. The highest BCUT2D eigenvalue weighted by molar-refractivity contribution is 6.06. The molecule has 1 aliphatic rings. The molecule has 0 spiro atoms. The maximum atomic E-state index is 12.6. The lowest BCUT2D eigenvalue weighted by atomic mass is 10.2. The summed E-state index contributed by atoms with van der Waals surface area (Å²) in [6.07, 6.45) is 0.892. The van der Waals surface area contributed by atoms with Gasteiger partial charge in [0.2, 0.25) is 0 Å². The zero-order valence-electron chi connectivity index (χ0n) is 12.9. The Morgan fingerprint density at radius 3 is 2.77 bits per heavy atom. The van der Waals surface area contributed by atoms with Gasteiger partial charge < -0.3 is 10.2 Å². The third-order valence-electron chi connectivity index (χ3n) is 3.71. The summed E-state index contributed by atoms with van der Waals surface area (Å²) in [7, 11) is 0. The van der Waals surface area contributed by atoms with Crippen molar-refractivity contribution in [2.75, 3.05) is 23.3 Å². The van der Waals surface area contributed by atoms with E-state index in [-0.39, 0.29) is 5.91 Å². The normalized spacial score (nSPS) is 13.3. The van der Waals surface area contributed by atoms with Crippen molar-refractivity contribution in [2.24, 2.45) is 5.92 Å². The van der Waals surface area contributed by atoms with Crippen LogP contribution in [0.25, 0.3) is 0 Å². The Bertz CT molecular complexity index is 667. The number of fused-ring (bicyclic) bond motifs is 1. The van der Waals surface area contributed by atoms with Crippen molar-refractivity contribution in [3.63, 3.8) is 0 Å². The Hall–Kier alpha value is -2.43. The van der Waals surface area contributed by atoms with E-state index < -0.39 is 0 Å². The summed E-state index contributed by atoms with van der Waals surface area (Å²) >= 11 is 0. The van der Waals surface area contributed by atoms with Crippen LogP contribution in [-0.2, 0) is 6.42 Å². The SMILES string of the molecule is CC(C)CNc1ccc(C(=O)N2CCc3ccccc32)nn1. The fourth-order valence-corrected chi connectivity index (χ4v) is 2.54. The van der Waals surface area contributed by atoms with Crippen LogP contribution in [0.3, 0.4) is 0 Å². The minimum absolute atomic E-state index is 0.0899. The van der Waals surface area contributed by atoms with Gasteiger partial charge in [-0.2, -0.15) is 0 Å². The molecule has 2 aromatic rings. The smallest absolute Gasteiger partial charge is 0.278 e. The van der Waals surface area contributed by atoms with Crippen molar-refractivity contribution in [1.29, 1.82) is 0 Å². The Morgan fingerprint density at radius 1 is 1.23 bits per heavy atom. The van der Waals surface area contributed by atoms with E-state index in [0.29, 0.717) is 24.0 Å². The number of anilines is 2. The second kappa shape index (κ2) is 6.13. The van der Waals surface area contributed by atoms with Gasteiger partial charge in [0.1, 0.15) is 5.82 Å². The minimum atomic E-state index is -0.0899. The van der Waals surface area contributed by atoms with E-state index in [1.165, 1.54) is 5.56 Å². The highest BCUT2D eigenvalue weighted by Gasteiger charge is 2.26. The molecule has 0 bridgehead atoms. The van der Waals surface area contributed by atoms with Gasteiger partial charge in [0, 0.05) is 18.8 Å². The molecule has 0 aliphatic carbocycles. The zero-order valence-corrected chi connectivity index (χ0v) is 12.9. The third kappa shape index (κ3) is 2.93. The van der Waals surface area contributed by atoms with Crippen LogP contribution in [0.4, 0.5) is 11.5 Å². The number of aromatic nitrogens is 2. The van der Waals surface area contributed by atoms with Crippen LogP contribution in [-0.4, -0.2) is 29.2 Å². The number of carbonyl (C=O) groups is 1. The van der Waals surface area contributed by atoms with Crippen LogP contribution in [0, 0.1) is 5.92 Å². The molecule has 0 fully saturated rings. The highest BCUT2D eigenvalue weighted by atomic mass is 16.2. The first-order chi connectivity index (χ1) is 10.6. The van der Waals surface area contributed by atoms with E-state index in [1.54, 1.807) is 11.0 Å². The molecule has 0 saturated heterocycles. The van der Waals surface area contributed by atoms with Crippen molar-refractivity contribution in [1.82, 2.24) is 10.2 Å². The largest absolute Gasteiger partial charge is 0.368 e. The fourth-order valence-electron chi connectivity index (χ4n) is 2.54. The molecule has 3 rings (SSSR count). The van der Waals surface area contributed by atoms with Crippen LogP contribution in [0.5, 0.6) is 0 Å². The molecule has 0 unspecified atom stereocenters. The van der Waals surface area contributed by atoms with Crippen LogP contribution < -0.4 is 10.2 Å². The summed E-state index contributed by atoms with van der Waals surface area (Å²) in [4.78, 5) is 14.4. The summed E-state index contributed by atoms with van der Waals surface area (Å²) in [6.45, 7) is 5.79. The number of hydrogen-bond donors (Lipinski definition) is 1. The number of carbonyl (C=O) groups excluding carboxylic acids is 1. The molecule has 114 valence electrons. The number of nitrogens with zero attached hydrogens (tertiary/aromatic N) is 3. The first-order valence-corrected chi connectivity index (χ1v) is 7.62. The van der Waals surface area contributed by atoms with Gasteiger partial charge in [-0.05, 0) is 36.1 Å². The predicted octanol–water partition coefficient (Wildman–Crippen LogP) is 2.75.